The summed E-state index contributed by atoms with van der Waals surface area (Å²) in [4.78, 5) is 48.7. The highest BCUT2D eigenvalue weighted by atomic mass is 79.9. The number of benzene rings is 2. The number of pyridine rings is 4. The number of nitrogen functional groups attached to an aromatic ring is 1. The van der Waals surface area contributed by atoms with Crippen molar-refractivity contribution < 1.29 is 35.0 Å². The van der Waals surface area contributed by atoms with Gasteiger partial charge in [0.25, 0.3) is 12.0 Å². The van der Waals surface area contributed by atoms with Crippen LogP contribution in [0.4, 0.5) is 5.69 Å². The third-order valence-corrected chi connectivity index (χ3v) is 11.5. The lowest BCUT2D eigenvalue weighted by atomic mass is 9.78. The Balaban J connectivity index is 0.000000178. The molecule has 0 saturated carbocycles. The van der Waals surface area contributed by atoms with Gasteiger partial charge in [0.2, 0.25) is 11.8 Å². The molecule has 7 N–H and O–H groups in total. The zero-order valence-corrected chi connectivity index (χ0v) is 40.2. The summed E-state index contributed by atoms with van der Waals surface area (Å²) < 4.78 is 30.8. The Kier molecular flexibility index (Phi) is 15.9. The quantitative estimate of drug-likeness (QED) is 0.0948. The van der Waals surface area contributed by atoms with Crippen molar-refractivity contribution in [1.29, 1.82) is 0 Å². The Morgan fingerprint density at radius 3 is 1.67 bits per heavy atom. The Morgan fingerprint density at radius 2 is 1.21 bits per heavy atom. The van der Waals surface area contributed by atoms with E-state index in [1.54, 1.807) is 30.6 Å². The van der Waals surface area contributed by atoms with Crippen molar-refractivity contribution in [2.75, 3.05) is 31.4 Å². The van der Waals surface area contributed by atoms with E-state index in [1.165, 1.54) is 36.3 Å². The minimum absolute atomic E-state index is 0. The fourth-order valence-electron chi connectivity index (χ4n) is 7.42. The number of halogens is 4. The number of rotatable bonds is 4. The summed E-state index contributed by atoms with van der Waals surface area (Å²) in [7, 11) is 0. The second-order valence-corrected chi connectivity index (χ2v) is 17.8. The number of carboxylic acid groups (broad SMARTS) is 1. The third-order valence-electron chi connectivity index (χ3n) is 10.2. The molecular weight excluding hydrogens is 1050 g/mol. The molecule has 2 atom stereocenters. The second-order valence-electron chi connectivity index (χ2n) is 14.5. The van der Waals surface area contributed by atoms with Gasteiger partial charge in [0.1, 0.15) is 34.0 Å². The van der Waals surface area contributed by atoms with E-state index in [0.29, 0.717) is 77.0 Å². The van der Waals surface area contributed by atoms with Crippen LogP contribution >= 0.6 is 66.8 Å². The first kappa shape index (κ1) is 48.9. The van der Waals surface area contributed by atoms with Crippen LogP contribution in [-0.2, 0) is 27.0 Å². The van der Waals surface area contributed by atoms with E-state index >= 15 is 0 Å². The molecule has 2 spiro atoms. The molecule has 6 aromatic rings. The molecule has 0 aliphatic carbocycles. The molecule has 348 valence electrons. The average Bonchev–Trinajstić information content (AvgIpc) is 3.31. The molecule has 2 aromatic carbocycles. The molecule has 0 saturated heterocycles. The molecule has 21 heteroatoms. The Morgan fingerprint density at radius 1 is 0.716 bits per heavy atom. The lowest BCUT2D eigenvalue weighted by molar-refractivity contribution is 0.0690. The van der Waals surface area contributed by atoms with Crippen molar-refractivity contribution in [2.24, 2.45) is 21.5 Å². The predicted molar refractivity (Wildman–Crippen MR) is 267 cm³/mol. The molecule has 8 heterocycles. The maximum atomic E-state index is 12.7. The summed E-state index contributed by atoms with van der Waals surface area (Å²) in [6, 6.07) is 21.4. The normalized spacial score (nSPS) is 17.9. The van der Waals surface area contributed by atoms with Crippen LogP contribution in [0.15, 0.2) is 117 Å². The van der Waals surface area contributed by atoms with Crippen molar-refractivity contribution >= 4 is 96.3 Å². The van der Waals surface area contributed by atoms with Crippen LogP contribution in [0.5, 0.6) is 23.3 Å². The summed E-state index contributed by atoms with van der Waals surface area (Å²) in [5.41, 5.74) is 21.5. The van der Waals surface area contributed by atoms with Gasteiger partial charge in [0.15, 0.2) is 5.78 Å². The van der Waals surface area contributed by atoms with Crippen LogP contribution in [0.1, 0.15) is 70.4 Å². The molecule has 4 aliphatic heterocycles. The molecular formula is C46H43Br2Cl2N9O7S. The number of Topliss-reactive ketones (excluding diaryl/α,β-unsaturated/α-hetero) is 1. The molecule has 10 rings (SSSR count). The van der Waals surface area contributed by atoms with Gasteiger partial charge in [-0.2, -0.15) is 11.8 Å². The van der Waals surface area contributed by atoms with Gasteiger partial charge in [-0.3, -0.25) is 9.78 Å². The van der Waals surface area contributed by atoms with E-state index in [-0.39, 0.29) is 37.4 Å². The molecule has 0 fully saturated rings. The number of ether oxygens (including phenoxy) is 4. The zero-order chi connectivity index (χ0) is 47.9. The number of fused-ring (bicyclic) bond motifs is 8. The van der Waals surface area contributed by atoms with Gasteiger partial charge in [-0.15, -0.1) is 0 Å². The van der Waals surface area contributed by atoms with Crippen molar-refractivity contribution in [2.45, 2.75) is 37.8 Å². The number of hydrogen-bond acceptors (Lipinski definition) is 16. The van der Waals surface area contributed by atoms with E-state index in [1.807, 2.05) is 48.7 Å². The first-order chi connectivity index (χ1) is 32.1. The predicted octanol–water partition coefficient (Wildman–Crippen LogP) is 9.96. The SMILES string of the molecule is C.NC1=N[C@@]2(CCO1)c1cc(CC(=O)c3ccc(Cl)cn3)ccc1Oc1ncc(Br)cc12.NC1=N[C@@]2(CCO1)c1cc(N)ccc1Oc1ncc(Br)cc12.O=C(O)c1ccc(Cl)cn1.[2H]CSC. The summed E-state index contributed by atoms with van der Waals surface area (Å²) in [5, 5.41) is 9.29. The molecule has 0 bridgehead atoms. The highest BCUT2D eigenvalue weighted by Gasteiger charge is 2.47. The van der Waals surface area contributed by atoms with Gasteiger partial charge >= 0.3 is 5.97 Å². The Hall–Kier alpha value is -5.99. The lowest BCUT2D eigenvalue weighted by Crippen LogP contribution is -2.38. The summed E-state index contributed by atoms with van der Waals surface area (Å²) in [5.74, 6) is 1.16. The van der Waals surface area contributed by atoms with Crippen molar-refractivity contribution in [3.05, 3.63) is 156 Å². The maximum Gasteiger partial charge on any atom is 0.354 e. The Bertz CT molecular complexity index is 2830. The van der Waals surface area contributed by atoms with Crippen LogP contribution < -0.4 is 26.7 Å². The number of nitrogens with two attached hydrogens (primary N) is 3. The summed E-state index contributed by atoms with van der Waals surface area (Å²) in [6.07, 6.45) is 9.91. The summed E-state index contributed by atoms with van der Waals surface area (Å²) >= 11 is 19.8. The molecule has 4 aromatic heterocycles. The average molecular weight is 1100 g/mol. The number of hydrogen-bond donors (Lipinski definition) is 4. The number of amidine groups is 2. The smallest absolute Gasteiger partial charge is 0.354 e. The van der Waals surface area contributed by atoms with Gasteiger partial charge in [-0.05, 0) is 117 Å². The van der Waals surface area contributed by atoms with Gasteiger partial charge in [0.05, 0.1) is 23.3 Å². The second kappa shape index (κ2) is 21.8. The number of carboxylic acids is 1. The number of aromatic carboxylic acids is 1. The largest absolute Gasteiger partial charge is 0.477 e. The standard InChI is InChI=1S/C22H16BrClN4O3.C15H13BrN4O2.C6H4ClNO2.C2H6S.CH4/c23-13-9-16-20(27-10-13)31-19-4-1-12(8-18(29)17-3-2-14(24)11-26-17)7-15(19)22(16)5-6-30-21(25)28-22;16-8-5-11-13(19-7-8)22-12-2-1-9(17)6-10(12)15(11)3-4-21-14(18)20-15;7-4-1-2-5(6(9)10)8-3-4;1-3-2;/h1-4,7,9-11H,5-6,8H2,(H2,25,28);1-2,5-7H,3-4,17H2,(H2,18,20);1-3H,(H,9,10);1-2H3;1H4/t22-;15-;;;/m00.../s1/i;;;1D;. The van der Waals surface area contributed by atoms with Crippen LogP contribution in [0.25, 0.3) is 0 Å². The minimum atomic E-state index is -1.04. The first-order valence-corrected chi connectivity index (χ1v) is 23.3. The minimum Gasteiger partial charge on any atom is -0.477 e. The van der Waals surface area contributed by atoms with Gasteiger partial charge in [-0.25, -0.2) is 29.7 Å². The van der Waals surface area contributed by atoms with Crippen molar-refractivity contribution in [1.82, 2.24) is 19.9 Å². The summed E-state index contributed by atoms with van der Waals surface area (Å²) in [6.45, 7) is 0.869. The number of aliphatic imine (C=N–C) groups is 2. The Labute approximate surface area is 418 Å². The highest BCUT2D eigenvalue weighted by Crippen LogP contribution is 2.53. The lowest BCUT2D eigenvalue weighted by Gasteiger charge is -2.38. The molecule has 0 radical (unpaired) electrons. The number of carbonyl (C=O) groups is 2. The molecule has 67 heavy (non-hydrogen) atoms. The van der Waals surface area contributed by atoms with Crippen LogP contribution in [-0.4, -0.2) is 74.5 Å². The van der Waals surface area contributed by atoms with E-state index in [2.05, 4.69) is 56.8 Å². The van der Waals surface area contributed by atoms with Crippen molar-refractivity contribution in [3.63, 3.8) is 0 Å². The maximum absolute atomic E-state index is 12.7. The van der Waals surface area contributed by atoms with Crippen LogP contribution in [0.2, 0.25) is 10.0 Å². The van der Waals surface area contributed by atoms with E-state index in [4.69, 9.17) is 70.8 Å². The third kappa shape index (κ3) is 11.2. The van der Waals surface area contributed by atoms with E-state index in [9.17, 15) is 9.59 Å². The number of thioether (sulfide) groups is 1. The first-order valence-electron chi connectivity index (χ1n) is 20.3. The van der Waals surface area contributed by atoms with Crippen LogP contribution in [0.3, 0.4) is 0 Å². The highest BCUT2D eigenvalue weighted by molar-refractivity contribution is 9.10. The number of carbonyl (C=O) groups excluding carboxylic acids is 1. The number of ketones is 1. The van der Waals surface area contributed by atoms with E-state index < -0.39 is 17.0 Å². The fraction of sp³-hybridized carbons (Fsp3) is 0.217. The van der Waals surface area contributed by atoms with Crippen LogP contribution in [0, 0.1) is 0 Å². The number of anilines is 1. The van der Waals surface area contributed by atoms with Crippen molar-refractivity contribution in [3.8, 4) is 23.3 Å². The topological polar surface area (TPSA) is 246 Å². The monoisotopic (exact) mass is 1090 g/mol. The number of nitrogens with zero attached hydrogens (tertiary/aromatic N) is 6. The molecule has 0 amide bonds. The fourth-order valence-corrected chi connectivity index (χ4v) is 8.31. The van der Waals surface area contributed by atoms with Gasteiger partial charge < -0.3 is 41.3 Å². The number of aromatic nitrogens is 4. The van der Waals surface area contributed by atoms with E-state index in [0.717, 1.165) is 36.8 Å². The zero-order valence-electron chi connectivity index (χ0n) is 35.7. The van der Waals surface area contributed by atoms with Gasteiger partial charge in [-0.1, -0.05) is 36.7 Å². The van der Waals surface area contributed by atoms with Gasteiger partial charge in [0, 0.05) is 82.3 Å². The molecule has 16 nitrogen and oxygen atoms in total. The molecule has 0 unspecified atom stereocenters. The molecule has 4 aliphatic rings.